The molecule has 0 amide bonds. The summed E-state index contributed by atoms with van der Waals surface area (Å²) in [6, 6.07) is 10.1. The van der Waals surface area contributed by atoms with E-state index in [-0.39, 0.29) is 29.1 Å². The second-order valence-electron chi connectivity index (χ2n) is 9.90. The number of hydrogen-bond donors (Lipinski definition) is 0. The van der Waals surface area contributed by atoms with Gasteiger partial charge in [-0.1, -0.05) is 62.2 Å². The first-order chi connectivity index (χ1) is 16.3. The van der Waals surface area contributed by atoms with Crippen molar-refractivity contribution in [2.75, 3.05) is 6.61 Å². The van der Waals surface area contributed by atoms with Gasteiger partial charge in [0.25, 0.3) is 0 Å². The Balaban J connectivity index is 1.58. The number of alkyl halides is 3. The van der Waals surface area contributed by atoms with Gasteiger partial charge in [-0.25, -0.2) is 4.39 Å². The summed E-state index contributed by atoms with van der Waals surface area (Å²) in [5.74, 6) is -0.420. The van der Waals surface area contributed by atoms with Crippen LogP contribution >= 0.6 is 0 Å². The lowest BCUT2D eigenvalue weighted by atomic mass is 9.76. The highest BCUT2D eigenvalue weighted by atomic mass is 19.4. The topological polar surface area (TPSA) is 9.23 Å². The highest BCUT2D eigenvalue weighted by Crippen LogP contribution is 2.45. The molecule has 2 unspecified atom stereocenters. The lowest BCUT2D eigenvalue weighted by Crippen LogP contribution is -2.22. The van der Waals surface area contributed by atoms with Gasteiger partial charge in [0.2, 0.25) is 0 Å². The Kier molecular flexibility index (Phi) is 7.81. The van der Waals surface area contributed by atoms with Gasteiger partial charge in [-0.2, -0.15) is 13.2 Å². The van der Waals surface area contributed by atoms with Crippen LogP contribution < -0.4 is 0 Å². The second kappa shape index (κ2) is 10.6. The fourth-order valence-corrected chi connectivity index (χ4v) is 5.75. The van der Waals surface area contributed by atoms with Crippen LogP contribution in [0.5, 0.6) is 0 Å². The Morgan fingerprint density at radius 3 is 2.18 bits per heavy atom. The van der Waals surface area contributed by atoms with Crippen molar-refractivity contribution in [2.24, 2.45) is 5.92 Å². The first-order valence-corrected chi connectivity index (χ1v) is 12.6. The van der Waals surface area contributed by atoms with E-state index in [0.717, 1.165) is 56.9 Å². The van der Waals surface area contributed by atoms with Gasteiger partial charge in [0.1, 0.15) is 5.82 Å². The number of halogens is 4. The van der Waals surface area contributed by atoms with Crippen LogP contribution in [0.4, 0.5) is 17.6 Å². The molecule has 0 spiro atoms. The zero-order chi connectivity index (χ0) is 24.3. The Labute approximate surface area is 200 Å². The van der Waals surface area contributed by atoms with Crippen LogP contribution in [0.25, 0.3) is 11.1 Å². The van der Waals surface area contributed by atoms with E-state index in [0.29, 0.717) is 18.1 Å². The number of ether oxygens (including phenoxy) is 1. The van der Waals surface area contributed by atoms with Crippen LogP contribution in [-0.2, 0) is 10.9 Å². The van der Waals surface area contributed by atoms with E-state index in [2.05, 4.69) is 13.5 Å². The quantitative estimate of drug-likeness (QED) is 0.300. The third-order valence-corrected chi connectivity index (χ3v) is 7.71. The molecule has 1 aliphatic carbocycles. The van der Waals surface area contributed by atoms with Crippen molar-refractivity contribution < 1.29 is 22.3 Å². The molecule has 2 aliphatic rings. The summed E-state index contributed by atoms with van der Waals surface area (Å²) in [5, 5.41) is 0. The zero-order valence-corrected chi connectivity index (χ0v) is 19.8. The zero-order valence-electron chi connectivity index (χ0n) is 19.8. The molecule has 5 heteroatoms. The molecule has 1 saturated heterocycles. The van der Waals surface area contributed by atoms with Crippen molar-refractivity contribution in [3.8, 4) is 11.1 Å². The minimum Gasteiger partial charge on any atom is -0.374 e. The predicted octanol–water partition coefficient (Wildman–Crippen LogP) is 9.03. The smallest absolute Gasteiger partial charge is 0.374 e. The Bertz CT molecular complexity index is 963. The molecule has 2 aromatic rings. The van der Waals surface area contributed by atoms with Crippen LogP contribution in [0.1, 0.15) is 86.8 Å². The van der Waals surface area contributed by atoms with Crippen molar-refractivity contribution in [3.05, 3.63) is 71.6 Å². The maximum atomic E-state index is 15.4. The fourth-order valence-electron chi connectivity index (χ4n) is 5.75. The molecule has 4 rings (SSSR count). The first kappa shape index (κ1) is 25.0. The van der Waals surface area contributed by atoms with Crippen molar-refractivity contribution in [2.45, 2.75) is 82.4 Å². The third kappa shape index (κ3) is 5.40. The molecule has 1 nitrogen and oxygen atoms in total. The summed E-state index contributed by atoms with van der Waals surface area (Å²) >= 11 is 0. The van der Waals surface area contributed by atoms with E-state index in [9.17, 15) is 13.2 Å². The largest absolute Gasteiger partial charge is 0.419 e. The molecular weight excluding hydrogens is 440 g/mol. The highest BCUT2D eigenvalue weighted by molar-refractivity contribution is 5.69. The van der Waals surface area contributed by atoms with Gasteiger partial charge in [-0.05, 0) is 72.6 Å². The maximum absolute atomic E-state index is 15.4. The standard InChI is InChI=1S/C29H34F4O/c1-3-5-19-6-8-22(9-7-19)26-17-16-25(27(28(26)30)29(31,32)33)21-12-10-20(11-13-21)23-14-15-24(4-2)34-18-23/h4,10-13,16-17,19,22-24H,2-3,5-9,14-15,18H2,1H3. The van der Waals surface area contributed by atoms with E-state index < -0.39 is 17.6 Å². The van der Waals surface area contributed by atoms with E-state index >= 15 is 4.39 Å². The van der Waals surface area contributed by atoms with Crippen LogP contribution in [0.2, 0.25) is 0 Å². The molecular formula is C29H34F4O. The maximum Gasteiger partial charge on any atom is 0.419 e. The summed E-state index contributed by atoms with van der Waals surface area (Å²) < 4.78 is 63.4. The van der Waals surface area contributed by atoms with Crippen LogP contribution in [0.3, 0.4) is 0 Å². The second-order valence-corrected chi connectivity index (χ2v) is 9.90. The molecule has 1 heterocycles. The average Bonchev–Trinajstić information content (AvgIpc) is 2.84. The van der Waals surface area contributed by atoms with E-state index in [1.54, 1.807) is 24.3 Å². The normalized spacial score (nSPS) is 25.8. The lowest BCUT2D eigenvalue weighted by molar-refractivity contribution is -0.139. The molecule has 2 atom stereocenters. The van der Waals surface area contributed by atoms with E-state index in [1.807, 2.05) is 12.1 Å². The molecule has 0 aromatic heterocycles. The molecule has 184 valence electrons. The summed E-state index contributed by atoms with van der Waals surface area (Å²) in [7, 11) is 0. The van der Waals surface area contributed by atoms with Gasteiger partial charge in [0.05, 0.1) is 18.3 Å². The van der Waals surface area contributed by atoms with Gasteiger partial charge in [-0.15, -0.1) is 6.58 Å². The molecule has 1 aliphatic heterocycles. The molecule has 0 bridgehead atoms. The van der Waals surface area contributed by atoms with E-state index in [1.165, 1.54) is 6.07 Å². The molecule has 2 fully saturated rings. The minimum atomic E-state index is -4.76. The molecule has 34 heavy (non-hydrogen) atoms. The van der Waals surface area contributed by atoms with Gasteiger partial charge in [0, 0.05) is 5.92 Å². The van der Waals surface area contributed by atoms with Crippen molar-refractivity contribution in [1.82, 2.24) is 0 Å². The summed E-state index contributed by atoms with van der Waals surface area (Å²) in [5.41, 5.74) is 0.406. The lowest BCUT2D eigenvalue weighted by Gasteiger charge is -2.30. The first-order valence-electron chi connectivity index (χ1n) is 12.6. The van der Waals surface area contributed by atoms with Gasteiger partial charge < -0.3 is 4.74 Å². The fraction of sp³-hybridized carbons (Fsp3) is 0.517. The van der Waals surface area contributed by atoms with Crippen LogP contribution in [0.15, 0.2) is 49.1 Å². The van der Waals surface area contributed by atoms with Crippen molar-refractivity contribution >= 4 is 0 Å². The Morgan fingerprint density at radius 1 is 0.941 bits per heavy atom. The predicted molar refractivity (Wildman–Crippen MR) is 128 cm³/mol. The SMILES string of the molecule is C=CC1CCC(c2ccc(-c3ccc(C4CCC(CCC)CC4)c(F)c3C(F)(F)F)cc2)CO1. The highest BCUT2D eigenvalue weighted by Gasteiger charge is 2.39. The van der Waals surface area contributed by atoms with Crippen LogP contribution in [-0.4, -0.2) is 12.7 Å². The minimum absolute atomic E-state index is 0.0630. The number of hydrogen-bond acceptors (Lipinski definition) is 1. The van der Waals surface area contributed by atoms with Crippen molar-refractivity contribution in [3.63, 3.8) is 0 Å². The number of rotatable bonds is 6. The third-order valence-electron chi connectivity index (χ3n) is 7.71. The summed E-state index contributed by atoms with van der Waals surface area (Å²) in [4.78, 5) is 0. The van der Waals surface area contributed by atoms with Gasteiger partial charge in [-0.3, -0.25) is 0 Å². The molecule has 0 radical (unpaired) electrons. The van der Waals surface area contributed by atoms with Crippen LogP contribution in [0, 0.1) is 11.7 Å². The Hall–Kier alpha value is -2.14. The average molecular weight is 475 g/mol. The monoisotopic (exact) mass is 474 g/mol. The van der Waals surface area contributed by atoms with E-state index in [4.69, 9.17) is 4.74 Å². The summed E-state index contributed by atoms with van der Waals surface area (Å²) in [6.07, 6.45) is 4.59. The van der Waals surface area contributed by atoms with Crippen molar-refractivity contribution in [1.29, 1.82) is 0 Å². The van der Waals surface area contributed by atoms with Gasteiger partial charge in [0.15, 0.2) is 0 Å². The molecule has 2 aromatic carbocycles. The Morgan fingerprint density at radius 2 is 1.62 bits per heavy atom. The number of benzene rings is 2. The molecule has 1 saturated carbocycles. The van der Waals surface area contributed by atoms with Gasteiger partial charge >= 0.3 is 6.18 Å². The molecule has 0 N–H and O–H groups in total. The summed E-state index contributed by atoms with van der Waals surface area (Å²) in [6.45, 7) is 6.47.